The maximum atomic E-state index is 12.3. The van der Waals surface area contributed by atoms with Crippen molar-refractivity contribution in [2.24, 2.45) is 0 Å². The number of hydrogen-bond acceptors (Lipinski definition) is 5. The Morgan fingerprint density at radius 1 is 1.26 bits per heavy atom. The van der Waals surface area contributed by atoms with E-state index in [2.05, 4.69) is 22.2 Å². The highest BCUT2D eigenvalue weighted by molar-refractivity contribution is 6.03. The topological polar surface area (TPSA) is 67.4 Å². The number of nitrogens with one attached hydrogen (secondary N) is 1. The predicted octanol–water partition coefficient (Wildman–Crippen LogP) is 2.97. The van der Waals surface area contributed by atoms with Crippen molar-refractivity contribution >= 4 is 17.4 Å². The molecule has 2 aromatic rings. The van der Waals surface area contributed by atoms with Crippen LogP contribution in [-0.4, -0.2) is 36.6 Å². The number of carbonyl (C=O) groups is 1. The van der Waals surface area contributed by atoms with Crippen LogP contribution in [0.2, 0.25) is 0 Å². The lowest BCUT2D eigenvalue weighted by Crippen LogP contribution is -2.21. The van der Waals surface area contributed by atoms with E-state index in [0.717, 1.165) is 25.2 Å². The first-order valence-electron chi connectivity index (χ1n) is 7.63. The van der Waals surface area contributed by atoms with Crippen molar-refractivity contribution in [1.29, 1.82) is 0 Å². The van der Waals surface area contributed by atoms with E-state index in [9.17, 15) is 4.79 Å². The Hall–Kier alpha value is -2.63. The van der Waals surface area contributed by atoms with Gasteiger partial charge in [0.1, 0.15) is 17.3 Å². The molecule has 0 aliphatic heterocycles. The molecule has 0 saturated heterocycles. The van der Waals surface area contributed by atoms with Crippen LogP contribution in [0.4, 0.5) is 11.5 Å². The fourth-order valence-corrected chi connectivity index (χ4v) is 2.08. The average Bonchev–Trinajstić information content (AvgIpc) is 2.60. The molecule has 0 unspecified atom stereocenters. The molecule has 0 bridgehead atoms. The summed E-state index contributed by atoms with van der Waals surface area (Å²) in [7, 11) is 3.53. The summed E-state index contributed by atoms with van der Waals surface area (Å²) in [5.41, 5.74) is 0.870. The van der Waals surface area contributed by atoms with E-state index in [-0.39, 0.29) is 11.6 Å². The average molecular weight is 314 g/mol. The summed E-state index contributed by atoms with van der Waals surface area (Å²) in [5, 5.41) is 2.78. The van der Waals surface area contributed by atoms with E-state index in [4.69, 9.17) is 4.74 Å². The lowest BCUT2D eigenvalue weighted by atomic mass is 10.3. The summed E-state index contributed by atoms with van der Waals surface area (Å²) in [4.78, 5) is 22.8. The first-order valence-corrected chi connectivity index (χ1v) is 7.63. The van der Waals surface area contributed by atoms with Crippen molar-refractivity contribution in [3.63, 3.8) is 0 Å². The van der Waals surface area contributed by atoms with Gasteiger partial charge in [-0.05, 0) is 18.6 Å². The summed E-state index contributed by atoms with van der Waals surface area (Å²) in [6, 6.07) is 7.23. The Kier molecular flexibility index (Phi) is 5.91. The van der Waals surface area contributed by atoms with Gasteiger partial charge in [-0.3, -0.25) is 4.79 Å². The summed E-state index contributed by atoms with van der Waals surface area (Å²) >= 11 is 0. The highest BCUT2D eigenvalue weighted by Gasteiger charge is 2.12. The molecule has 1 aromatic carbocycles. The van der Waals surface area contributed by atoms with Gasteiger partial charge >= 0.3 is 0 Å². The minimum absolute atomic E-state index is 0.267. The number of rotatable bonds is 7. The van der Waals surface area contributed by atoms with Crippen LogP contribution in [0.3, 0.4) is 0 Å². The number of para-hydroxylation sites is 2. The lowest BCUT2D eigenvalue weighted by molar-refractivity contribution is 0.102. The third kappa shape index (κ3) is 4.42. The molecular weight excluding hydrogens is 292 g/mol. The molecule has 1 N–H and O–H groups in total. The van der Waals surface area contributed by atoms with Gasteiger partial charge in [-0.25, -0.2) is 9.97 Å². The van der Waals surface area contributed by atoms with Crippen LogP contribution in [0.5, 0.6) is 5.75 Å². The van der Waals surface area contributed by atoms with E-state index in [1.54, 1.807) is 25.4 Å². The van der Waals surface area contributed by atoms with Crippen LogP contribution in [0.15, 0.2) is 36.7 Å². The van der Waals surface area contributed by atoms with Crippen LogP contribution in [-0.2, 0) is 0 Å². The summed E-state index contributed by atoms with van der Waals surface area (Å²) < 4.78 is 5.21. The molecule has 0 aliphatic rings. The molecular formula is C17H22N4O2. The summed E-state index contributed by atoms with van der Waals surface area (Å²) in [6.45, 7) is 3.06. The third-order valence-electron chi connectivity index (χ3n) is 3.46. The van der Waals surface area contributed by atoms with Gasteiger partial charge in [-0.2, -0.15) is 0 Å². The number of unbranched alkanes of at least 4 members (excludes halogenated alkanes) is 1. The first kappa shape index (κ1) is 16.7. The van der Waals surface area contributed by atoms with Crippen LogP contribution >= 0.6 is 0 Å². The van der Waals surface area contributed by atoms with Crippen molar-refractivity contribution in [2.75, 3.05) is 30.9 Å². The van der Waals surface area contributed by atoms with Gasteiger partial charge in [0.15, 0.2) is 0 Å². The molecule has 6 nitrogen and oxygen atoms in total. The van der Waals surface area contributed by atoms with Gasteiger partial charge in [-0.1, -0.05) is 25.5 Å². The molecule has 0 aliphatic carbocycles. The van der Waals surface area contributed by atoms with Crippen molar-refractivity contribution in [3.8, 4) is 5.75 Å². The largest absolute Gasteiger partial charge is 0.495 e. The molecule has 6 heteroatoms. The molecule has 2 rings (SSSR count). The molecule has 0 saturated carbocycles. The monoisotopic (exact) mass is 314 g/mol. The van der Waals surface area contributed by atoms with E-state index in [1.807, 2.05) is 24.1 Å². The molecule has 1 amide bonds. The zero-order valence-corrected chi connectivity index (χ0v) is 13.7. The summed E-state index contributed by atoms with van der Waals surface area (Å²) in [6.07, 6.45) is 5.32. The number of anilines is 2. The fraction of sp³-hybridized carbons (Fsp3) is 0.353. The smallest absolute Gasteiger partial charge is 0.275 e. The van der Waals surface area contributed by atoms with Crippen LogP contribution in [0.1, 0.15) is 30.3 Å². The Balaban J connectivity index is 2.05. The highest BCUT2D eigenvalue weighted by atomic mass is 16.5. The minimum atomic E-state index is -0.315. The minimum Gasteiger partial charge on any atom is -0.495 e. The van der Waals surface area contributed by atoms with Gasteiger partial charge in [0.25, 0.3) is 5.91 Å². The van der Waals surface area contributed by atoms with Gasteiger partial charge < -0.3 is 15.0 Å². The second-order valence-electron chi connectivity index (χ2n) is 5.19. The van der Waals surface area contributed by atoms with Gasteiger partial charge in [-0.15, -0.1) is 0 Å². The predicted molar refractivity (Wildman–Crippen MR) is 91.2 cm³/mol. The Labute approximate surface area is 136 Å². The van der Waals surface area contributed by atoms with Crippen LogP contribution < -0.4 is 15.0 Å². The van der Waals surface area contributed by atoms with E-state index in [0.29, 0.717) is 11.4 Å². The van der Waals surface area contributed by atoms with Crippen molar-refractivity contribution < 1.29 is 9.53 Å². The van der Waals surface area contributed by atoms with Crippen molar-refractivity contribution in [2.45, 2.75) is 19.8 Å². The molecule has 0 spiro atoms. The maximum absolute atomic E-state index is 12.3. The number of ether oxygens (including phenoxy) is 1. The molecule has 0 atom stereocenters. The zero-order chi connectivity index (χ0) is 16.7. The van der Waals surface area contributed by atoms with Crippen molar-refractivity contribution in [3.05, 3.63) is 42.4 Å². The first-order chi connectivity index (χ1) is 11.2. The standard InChI is InChI=1S/C17H22N4O2/c1-4-5-10-21(2)16-12-18-14(11-19-16)17(22)20-13-8-6-7-9-15(13)23-3/h6-9,11-12H,4-5,10H2,1-3H3,(H,20,22). The molecule has 0 fully saturated rings. The normalized spacial score (nSPS) is 10.2. The molecule has 23 heavy (non-hydrogen) atoms. The van der Waals surface area contributed by atoms with Gasteiger partial charge in [0.05, 0.1) is 25.2 Å². The molecule has 1 heterocycles. The SMILES string of the molecule is CCCCN(C)c1cnc(C(=O)Nc2ccccc2OC)cn1. The quantitative estimate of drug-likeness (QED) is 0.851. The number of aromatic nitrogens is 2. The number of hydrogen-bond donors (Lipinski definition) is 1. The second kappa shape index (κ2) is 8.12. The second-order valence-corrected chi connectivity index (χ2v) is 5.19. The van der Waals surface area contributed by atoms with Crippen LogP contribution in [0, 0.1) is 0 Å². The Bertz CT molecular complexity index is 643. The van der Waals surface area contributed by atoms with E-state index >= 15 is 0 Å². The number of benzene rings is 1. The third-order valence-corrected chi connectivity index (χ3v) is 3.46. The van der Waals surface area contributed by atoms with Crippen LogP contribution in [0.25, 0.3) is 0 Å². The molecule has 122 valence electrons. The zero-order valence-electron chi connectivity index (χ0n) is 13.7. The highest BCUT2D eigenvalue weighted by Crippen LogP contribution is 2.23. The lowest BCUT2D eigenvalue weighted by Gasteiger charge is -2.17. The van der Waals surface area contributed by atoms with E-state index < -0.39 is 0 Å². The number of methoxy groups -OCH3 is 1. The Morgan fingerprint density at radius 2 is 2.04 bits per heavy atom. The maximum Gasteiger partial charge on any atom is 0.275 e. The number of carbonyl (C=O) groups excluding carboxylic acids is 1. The fourth-order valence-electron chi connectivity index (χ4n) is 2.08. The van der Waals surface area contributed by atoms with Gasteiger partial charge in [0.2, 0.25) is 0 Å². The Morgan fingerprint density at radius 3 is 2.70 bits per heavy atom. The molecule has 1 aromatic heterocycles. The van der Waals surface area contributed by atoms with E-state index in [1.165, 1.54) is 6.20 Å². The van der Waals surface area contributed by atoms with Gasteiger partial charge in [0, 0.05) is 13.6 Å². The molecule has 0 radical (unpaired) electrons. The summed E-state index contributed by atoms with van der Waals surface area (Å²) in [5.74, 6) is 1.04. The van der Waals surface area contributed by atoms with Crippen molar-refractivity contribution in [1.82, 2.24) is 9.97 Å². The number of amides is 1. The number of nitrogens with zero attached hydrogens (tertiary/aromatic N) is 3.